The van der Waals surface area contributed by atoms with Crippen molar-refractivity contribution in [3.8, 4) is 0 Å². The van der Waals surface area contributed by atoms with Crippen LogP contribution in [-0.4, -0.2) is 49.3 Å². The lowest BCUT2D eigenvalue weighted by Crippen LogP contribution is -2.54. The molecule has 0 saturated carbocycles. The summed E-state index contributed by atoms with van der Waals surface area (Å²) in [5.74, 6) is 0.483. The van der Waals surface area contributed by atoms with E-state index in [-0.39, 0.29) is 17.2 Å². The molecule has 0 bridgehead atoms. The van der Waals surface area contributed by atoms with Gasteiger partial charge in [-0.25, -0.2) is 8.42 Å². The van der Waals surface area contributed by atoms with Gasteiger partial charge in [0.15, 0.2) is 0 Å². The lowest BCUT2D eigenvalue weighted by molar-refractivity contribution is 0.0916. The molecule has 1 saturated heterocycles. The van der Waals surface area contributed by atoms with Crippen molar-refractivity contribution in [2.45, 2.75) is 37.9 Å². The van der Waals surface area contributed by atoms with Crippen molar-refractivity contribution in [2.24, 2.45) is 5.73 Å². The van der Waals surface area contributed by atoms with Gasteiger partial charge in [-0.1, -0.05) is 0 Å². The normalized spacial score (nSPS) is 19.4. The van der Waals surface area contributed by atoms with E-state index < -0.39 is 10.0 Å². The second kappa shape index (κ2) is 5.48. The summed E-state index contributed by atoms with van der Waals surface area (Å²) in [4.78, 5) is 2.28. The van der Waals surface area contributed by atoms with E-state index in [1.165, 1.54) is 10.4 Å². The molecule has 1 aromatic rings. The Bertz CT molecular complexity index is 552. The maximum atomic E-state index is 12.4. The first-order valence-electron chi connectivity index (χ1n) is 6.79. The lowest BCUT2D eigenvalue weighted by Gasteiger charge is -2.41. The largest absolute Gasteiger partial charge is 0.447 e. The number of furan rings is 1. The van der Waals surface area contributed by atoms with Crippen LogP contribution in [0, 0.1) is 0 Å². The molecule has 1 aromatic heterocycles. The highest BCUT2D eigenvalue weighted by molar-refractivity contribution is 7.89. The fraction of sp³-hybridized carbons (Fsp3) is 0.692. The zero-order valence-electron chi connectivity index (χ0n) is 12.3. The van der Waals surface area contributed by atoms with Gasteiger partial charge in [-0.2, -0.15) is 4.31 Å². The molecule has 0 aromatic carbocycles. The topological polar surface area (TPSA) is 79.8 Å². The first kappa shape index (κ1) is 15.5. The number of hydrogen-bond donors (Lipinski definition) is 1. The van der Waals surface area contributed by atoms with Crippen LogP contribution in [-0.2, 0) is 16.6 Å². The molecule has 0 aliphatic carbocycles. The lowest BCUT2D eigenvalue weighted by atomic mass is 10.1. The third-order valence-electron chi connectivity index (χ3n) is 3.62. The molecule has 2 N–H and O–H groups in total. The fourth-order valence-corrected chi connectivity index (χ4v) is 3.68. The van der Waals surface area contributed by atoms with Crippen molar-refractivity contribution >= 4 is 10.0 Å². The summed E-state index contributed by atoms with van der Waals surface area (Å²) < 4.78 is 31.6. The van der Waals surface area contributed by atoms with E-state index in [0.29, 0.717) is 18.8 Å². The predicted molar refractivity (Wildman–Crippen MR) is 76.7 cm³/mol. The van der Waals surface area contributed by atoms with Crippen molar-refractivity contribution in [3.63, 3.8) is 0 Å². The standard InChI is InChI=1S/C13H23N3O3S/c1-13(2,3)15-6-8-16(9-7-15)20(17,18)12-5-4-11(10-14)19-12/h4-5H,6-10,14H2,1-3H3. The second-order valence-electron chi connectivity index (χ2n) is 5.99. The van der Waals surface area contributed by atoms with Crippen LogP contribution in [0.4, 0.5) is 0 Å². The second-order valence-corrected chi connectivity index (χ2v) is 7.86. The third kappa shape index (κ3) is 3.06. The molecule has 0 unspecified atom stereocenters. The van der Waals surface area contributed by atoms with E-state index in [1.54, 1.807) is 6.07 Å². The quantitative estimate of drug-likeness (QED) is 0.895. The van der Waals surface area contributed by atoms with Gasteiger partial charge in [-0.3, -0.25) is 4.90 Å². The molecule has 7 heteroatoms. The highest BCUT2D eigenvalue weighted by Crippen LogP contribution is 2.22. The van der Waals surface area contributed by atoms with Crippen LogP contribution in [0.2, 0.25) is 0 Å². The third-order valence-corrected chi connectivity index (χ3v) is 5.39. The first-order chi connectivity index (χ1) is 9.25. The number of nitrogens with two attached hydrogens (primary N) is 1. The number of piperazine rings is 1. The molecule has 1 fully saturated rings. The molecule has 0 radical (unpaired) electrons. The summed E-state index contributed by atoms with van der Waals surface area (Å²) in [5.41, 5.74) is 5.50. The van der Waals surface area contributed by atoms with Crippen LogP contribution in [0.15, 0.2) is 21.6 Å². The van der Waals surface area contributed by atoms with Crippen LogP contribution >= 0.6 is 0 Å². The highest BCUT2D eigenvalue weighted by Gasteiger charge is 2.33. The maximum Gasteiger partial charge on any atom is 0.276 e. The summed E-state index contributed by atoms with van der Waals surface area (Å²) >= 11 is 0. The van der Waals surface area contributed by atoms with Gasteiger partial charge in [0.1, 0.15) is 5.76 Å². The Hall–Kier alpha value is -0.890. The van der Waals surface area contributed by atoms with Gasteiger partial charge >= 0.3 is 0 Å². The smallest absolute Gasteiger partial charge is 0.276 e. The number of hydrogen-bond acceptors (Lipinski definition) is 5. The predicted octanol–water partition coefficient (Wildman–Crippen LogP) is 0.843. The Labute approximate surface area is 120 Å². The van der Waals surface area contributed by atoms with Crippen molar-refractivity contribution in [2.75, 3.05) is 26.2 Å². The minimum atomic E-state index is -3.54. The van der Waals surface area contributed by atoms with Crippen LogP contribution in [0.1, 0.15) is 26.5 Å². The van der Waals surface area contributed by atoms with E-state index in [2.05, 4.69) is 25.7 Å². The van der Waals surface area contributed by atoms with Crippen molar-refractivity contribution in [3.05, 3.63) is 17.9 Å². The Kier molecular flexibility index (Phi) is 4.24. The van der Waals surface area contributed by atoms with E-state index in [1.807, 2.05) is 0 Å². The SMILES string of the molecule is CC(C)(C)N1CCN(S(=O)(=O)c2ccc(CN)o2)CC1. The van der Waals surface area contributed by atoms with Gasteiger partial charge in [-0.15, -0.1) is 0 Å². The molecule has 6 nitrogen and oxygen atoms in total. The van der Waals surface area contributed by atoms with Gasteiger partial charge in [0.2, 0.25) is 5.09 Å². The van der Waals surface area contributed by atoms with Gasteiger partial charge in [0.25, 0.3) is 10.0 Å². The summed E-state index contributed by atoms with van der Waals surface area (Å²) in [7, 11) is -3.54. The minimum Gasteiger partial charge on any atom is -0.447 e. The monoisotopic (exact) mass is 301 g/mol. The average Bonchev–Trinajstić information content (AvgIpc) is 2.87. The first-order valence-corrected chi connectivity index (χ1v) is 8.23. The zero-order chi connectivity index (χ0) is 15.0. The molecule has 1 aliphatic heterocycles. The van der Waals surface area contributed by atoms with Crippen molar-refractivity contribution < 1.29 is 12.8 Å². The van der Waals surface area contributed by atoms with Gasteiger partial charge < -0.3 is 10.2 Å². The Balaban J connectivity index is 2.09. The highest BCUT2D eigenvalue weighted by atomic mass is 32.2. The fourth-order valence-electron chi connectivity index (χ4n) is 2.33. The van der Waals surface area contributed by atoms with E-state index in [9.17, 15) is 8.42 Å². The molecule has 0 amide bonds. The van der Waals surface area contributed by atoms with E-state index >= 15 is 0 Å². The maximum absolute atomic E-state index is 12.4. The Morgan fingerprint density at radius 3 is 2.25 bits per heavy atom. The van der Waals surface area contributed by atoms with Gasteiger partial charge in [0, 0.05) is 31.7 Å². The molecule has 1 aliphatic rings. The zero-order valence-corrected chi connectivity index (χ0v) is 13.1. The molecular formula is C13H23N3O3S. The van der Waals surface area contributed by atoms with Crippen LogP contribution in [0.5, 0.6) is 0 Å². The summed E-state index contributed by atoms with van der Waals surface area (Å²) in [6.07, 6.45) is 0. The molecule has 114 valence electrons. The molecular weight excluding hydrogens is 278 g/mol. The van der Waals surface area contributed by atoms with Crippen LogP contribution < -0.4 is 5.73 Å². The minimum absolute atomic E-state index is 0.0119. The van der Waals surface area contributed by atoms with E-state index in [4.69, 9.17) is 10.2 Å². The summed E-state index contributed by atoms with van der Waals surface area (Å²) in [5, 5.41) is -0.0119. The molecule has 2 rings (SSSR count). The van der Waals surface area contributed by atoms with Crippen LogP contribution in [0.25, 0.3) is 0 Å². The molecule has 2 heterocycles. The Morgan fingerprint density at radius 2 is 1.80 bits per heavy atom. The van der Waals surface area contributed by atoms with Crippen molar-refractivity contribution in [1.82, 2.24) is 9.21 Å². The number of sulfonamides is 1. The number of rotatable bonds is 3. The van der Waals surface area contributed by atoms with Gasteiger partial charge in [0.05, 0.1) is 6.54 Å². The number of nitrogens with zero attached hydrogens (tertiary/aromatic N) is 2. The van der Waals surface area contributed by atoms with E-state index in [0.717, 1.165) is 13.1 Å². The molecule has 20 heavy (non-hydrogen) atoms. The van der Waals surface area contributed by atoms with Gasteiger partial charge in [-0.05, 0) is 32.9 Å². The Morgan fingerprint density at radius 1 is 1.20 bits per heavy atom. The summed E-state index contributed by atoms with van der Waals surface area (Å²) in [6, 6.07) is 3.09. The van der Waals surface area contributed by atoms with Crippen LogP contribution in [0.3, 0.4) is 0 Å². The average molecular weight is 301 g/mol. The molecule has 0 spiro atoms. The summed E-state index contributed by atoms with van der Waals surface area (Å²) in [6.45, 7) is 9.04. The van der Waals surface area contributed by atoms with Crippen molar-refractivity contribution in [1.29, 1.82) is 0 Å². The molecule has 0 atom stereocenters.